The molecule has 0 spiro atoms. The van der Waals surface area contributed by atoms with Crippen molar-refractivity contribution in [3.63, 3.8) is 0 Å². The number of benzene rings is 2. The van der Waals surface area contributed by atoms with Gasteiger partial charge in [0.25, 0.3) is 0 Å². The number of rotatable bonds is 3. The Morgan fingerprint density at radius 2 is 1.78 bits per heavy atom. The van der Waals surface area contributed by atoms with Crippen molar-refractivity contribution >= 4 is 5.78 Å². The summed E-state index contributed by atoms with van der Waals surface area (Å²) in [4.78, 5) is 12.0. The molecular weight excluding hydrogens is 239 g/mol. The fourth-order valence-corrected chi connectivity index (χ4v) is 1.56. The third-order valence-electron chi connectivity index (χ3n) is 2.47. The number of ketones is 1. The zero-order valence-electron chi connectivity index (χ0n) is 10.3. The van der Waals surface area contributed by atoms with Crippen LogP contribution in [-0.4, -0.2) is 12.9 Å². The molecule has 2 rings (SSSR count). The van der Waals surface area contributed by atoms with Gasteiger partial charge in [-0.3, -0.25) is 4.79 Å². The van der Waals surface area contributed by atoms with E-state index in [0.29, 0.717) is 11.3 Å². The van der Waals surface area contributed by atoms with Gasteiger partial charge in [-0.05, 0) is 18.2 Å². The monoisotopic (exact) mass is 250 g/mol. The van der Waals surface area contributed by atoms with Gasteiger partial charge in [0, 0.05) is 11.1 Å². The van der Waals surface area contributed by atoms with Crippen LogP contribution in [0, 0.1) is 0 Å². The van der Waals surface area contributed by atoms with Gasteiger partial charge in [-0.25, -0.2) is 0 Å². The second-order valence-corrected chi connectivity index (χ2v) is 3.56. The van der Waals surface area contributed by atoms with Crippen LogP contribution in [0.2, 0.25) is 0 Å². The first-order valence-corrected chi connectivity index (χ1v) is 5.17. The van der Waals surface area contributed by atoms with Crippen LogP contribution < -0.4 is 39.4 Å². The zero-order valence-corrected chi connectivity index (χ0v) is 12.3. The Bertz CT molecular complexity index is 538. The Kier molecular flexibility index (Phi) is 5.41. The van der Waals surface area contributed by atoms with Crippen molar-refractivity contribution in [3.8, 4) is 11.5 Å². The van der Waals surface area contributed by atoms with E-state index in [1.807, 2.05) is 6.07 Å². The number of carbonyl (C=O) groups is 1. The SMILES string of the molecule is COc1ccc(C(=O)c2ccccc2)c([O-])c1.[Na+]. The van der Waals surface area contributed by atoms with Crippen LogP contribution in [-0.2, 0) is 0 Å². The molecule has 0 radical (unpaired) electrons. The van der Waals surface area contributed by atoms with E-state index in [2.05, 4.69) is 0 Å². The first-order chi connectivity index (χ1) is 8.22. The normalized spacial score (nSPS) is 9.39. The van der Waals surface area contributed by atoms with Gasteiger partial charge in [-0.2, -0.15) is 0 Å². The average Bonchev–Trinajstić information content (AvgIpc) is 2.39. The van der Waals surface area contributed by atoms with Gasteiger partial charge in [0.1, 0.15) is 5.75 Å². The Morgan fingerprint density at radius 3 is 2.33 bits per heavy atom. The molecule has 2 aromatic carbocycles. The van der Waals surface area contributed by atoms with Crippen LogP contribution >= 0.6 is 0 Å². The van der Waals surface area contributed by atoms with Gasteiger partial charge in [0.05, 0.1) is 7.11 Å². The molecule has 0 aliphatic carbocycles. The van der Waals surface area contributed by atoms with Crippen molar-refractivity contribution < 1.29 is 44.2 Å². The Hall–Kier alpha value is -1.29. The summed E-state index contributed by atoms with van der Waals surface area (Å²) in [6, 6.07) is 13.1. The molecule has 0 unspecified atom stereocenters. The van der Waals surface area contributed by atoms with Crippen LogP contribution in [0.3, 0.4) is 0 Å². The fraction of sp³-hybridized carbons (Fsp3) is 0.0714. The molecule has 0 aromatic heterocycles. The number of hydrogen-bond donors (Lipinski definition) is 0. The topological polar surface area (TPSA) is 49.4 Å². The molecule has 3 nitrogen and oxygen atoms in total. The summed E-state index contributed by atoms with van der Waals surface area (Å²) in [6.45, 7) is 0. The second kappa shape index (κ2) is 6.59. The summed E-state index contributed by atoms with van der Waals surface area (Å²) in [5, 5.41) is 11.7. The number of hydrogen-bond acceptors (Lipinski definition) is 3. The van der Waals surface area contributed by atoms with Crippen LogP contribution in [0.1, 0.15) is 15.9 Å². The standard InChI is InChI=1S/C14H12O3.Na/c1-17-11-7-8-12(13(15)9-11)14(16)10-5-3-2-4-6-10;/h2-9,15H,1H3;/q;+1/p-1. The average molecular weight is 250 g/mol. The number of ether oxygens (including phenoxy) is 1. The van der Waals surface area contributed by atoms with E-state index in [1.165, 1.54) is 19.2 Å². The van der Waals surface area contributed by atoms with E-state index < -0.39 is 0 Å². The Morgan fingerprint density at radius 1 is 1.11 bits per heavy atom. The molecule has 0 bridgehead atoms. The quantitative estimate of drug-likeness (QED) is 0.519. The van der Waals surface area contributed by atoms with E-state index in [-0.39, 0.29) is 46.7 Å². The van der Waals surface area contributed by atoms with Crippen molar-refractivity contribution in [3.05, 3.63) is 59.7 Å². The third kappa shape index (κ3) is 3.13. The molecule has 2 aromatic rings. The molecule has 4 heteroatoms. The molecule has 0 saturated heterocycles. The van der Waals surface area contributed by atoms with Crippen molar-refractivity contribution in [2.75, 3.05) is 7.11 Å². The van der Waals surface area contributed by atoms with Crippen LogP contribution in [0.4, 0.5) is 0 Å². The number of methoxy groups -OCH3 is 1. The maximum Gasteiger partial charge on any atom is 1.00 e. The summed E-state index contributed by atoms with van der Waals surface area (Å²) >= 11 is 0. The molecule has 86 valence electrons. The second-order valence-electron chi connectivity index (χ2n) is 3.56. The summed E-state index contributed by atoms with van der Waals surface area (Å²) in [6.07, 6.45) is 0. The predicted molar refractivity (Wildman–Crippen MR) is 62.3 cm³/mol. The van der Waals surface area contributed by atoms with Crippen molar-refractivity contribution in [2.24, 2.45) is 0 Å². The third-order valence-corrected chi connectivity index (χ3v) is 2.47. The Labute approximate surface area is 128 Å². The van der Waals surface area contributed by atoms with E-state index >= 15 is 0 Å². The first-order valence-electron chi connectivity index (χ1n) is 5.17. The van der Waals surface area contributed by atoms with Crippen LogP contribution in [0.5, 0.6) is 11.5 Å². The summed E-state index contributed by atoms with van der Waals surface area (Å²) in [5.41, 5.74) is 0.673. The smallest absolute Gasteiger partial charge is 0.872 e. The van der Waals surface area contributed by atoms with Gasteiger partial charge in [0.2, 0.25) is 0 Å². The largest absolute Gasteiger partial charge is 1.00 e. The summed E-state index contributed by atoms with van der Waals surface area (Å²) < 4.78 is 4.92. The zero-order chi connectivity index (χ0) is 12.3. The molecule has 0 N–H and O–H groups in total. The van der Waals surface area contributed by atoms with Crippen LogP contribution in [0.25, 0.3) is 0 Å². The molecule has 0 aliphatic rings. The van der Waals surface area contributed by atoms with Gasteiger partial charge in [-0.1, -0.05) is 36.1 Å². The first kappa shape index (κ1) is 14.8. The molecule has 0 fully saturated rings. The van der Waals surface area contributed by atoms with Crippen LogP contribution in [0.15, 0.2) is 48.5 Å². The van der Waals surface area contributed by atoms with E-state index in [9.17, 15) is 9.90 Å². The molecule has 0 heterocycles. The van der Waals surface area contributed by atoms with E-state index in [0.717, 1.165) is 0 Å². The van der Waals surface area contributed by atoms with Gasteiger partial charge < -0.3 is 9.84 Å². The number of carbonyl (C=O) groups excluding carboxylic acids is 1. The predicted octanol–water partition coefficient (Wildman–Crippen LogP) is -0.996. The minimum atomic E-state index is -0.321. The molecular formula is C14H11NaO3. The molecule has 18 heavy (non-hydrogen) atoms. The van der Waals surface area contributed by atoms with Crippen molar-refractivity contribution in [2.45, 2.75) is 0 Å². The molecule has 0 saturated carbocycles. The van der Waals surface area contributed by atoms with Crippen molar-refractivity contribution in [1.29, 1.82) is 0 Å². The molecule has 0 atom stereocenters. The molecule has 0 amide bonds. The van der Waals surface area contributed by atoms with Gasteiger partial charge in [0.15, 0.2) is 5.78 Å². The minimum Gasteiger partial charge on any atom is -0.872 e. The summed E-state index contributed by atoms with van der Waals surface area (Å²) in [5.74, 6) is -0.129. The summed E-state index contributed by atoms with van der Waals surface area (Å²) in [7, 11) is 1.48. The van der Waals surface area contributed by atoms with E-state index in [1.54, 1.807) is 30.3 Å². The molecule has 0 aliphatic heterocycles. The fourth-order valence-electron chi connectivity index (χ4n) is 1.56. The minimum absolute atomic E-state index is 0. The van der Waals surface area contributed by atoms with Crippen molar-refractivity contribution in [1.82, 2.24) is 0 Å². The maximum absolute atomic E-state index is 12.0. The maximum atomic E-state index is 12.0. The van der Waals surface area contributed by atoms with Gasteiger partial charge in [-0.15, -0.1) is 0 Å². The van der Waals surface area contributed by atoms with E-state index in [4.69, 9.17) is 4.74 Å². The Balaban J connectivity index is 0.00000162. The van der Waals surface area contributed by atoms with Gasteiger partial charge >= 0.3 is 29.6 Å².